The smallest absolute Gasteiger partial charge is 0.0935 e. The molecular weight excluding hydrogens is 216 g/mol. The molecule has 0 saturated carbocycles. The molecule has 3 N–H and O–H groups in total. The predicted molar refractivity (Wildman–Crippen MR) is 65.3 cm³/mol. The number of hydrazine groups is 1. The predicted octanol–water partition coefficient (Wildman–Crippen LogP) is -0.346. The van der Waals surface area contributed by atoms with Crippen molar-refractivity contribution < 1.29 is 4.42 Å². The van der Waals surface area contributed by atoms with Gasteiger partial charge in [0.1, 0.15) is 0 Å². The standard InChI is InChI=1S/C12H20N4O/c13-14-11(7-10-1-6-17-9-10)12-8-15-2-4-16(12)5-3-15/h1,6,9,11-12,14H,2-5,7-8,13H2. The van der Waals surface area contributed by atoms with E-state index in [0.717, 1.165) is 13.0 Å². The average molecular weight is 236 g/mol. The zero-order chi connectivity index (χ0) is 11.7. The summed E-state index contributed by atoms with van der Waals surface area (Å²) < 4.78 is 5.12. The van der Waals surface area contributed by atoms with Gasteiger partial charge in [-0.1, -0.05) is 0 Å². The summed E-state index contributed by atoms with van der Waals surface area (Å²) in [6.07, 6.45) is 4.46. The second-order valence-electron chi connectivity index (χ2n) is 5.01. The van der Waals surface area contributed by atoms with Crippen molar-refractivity contribution in [3.05, 3.63) is 24.2 Å². The van der Waals surface area contributed by atoms with Gasteiger partial charge < -0.3 is 4.42 Å². The van der Waals surface area contributed by atoms with E-state index in [1.165, 1.54) is 31.7 Å². The Balaban J connectivity index is 1.68. The fourth-order valence-electron chi connectivity index (χ4n) is 3.01. The van der Waals surface area contributed by atoms with Crippen LogP contribution in [0.15, 0.2) is 23.0 Å². The minimum absolute atomic E-state index is 0.302. The molecule has 2 atom stereocenters. The minimum Gasteiger partial charge on any atom is -0.472 e. The summed E-state index contributed by atoms with van der Waals surface area (Å²) in [5.41, 5.74) is 4.20. The molecule has 17 heavy (non-hydrogen) atoms. The van der Waals surface area contributed by atoms with Gasteiger partial charge in [-0.05, 0) is 18.1 Å². The molecule has 0 aromatic carbocycles. The van der Waals surface area contributed by atoms with Gasteiger partial charge in [0.05, 0.1) is 12.5 Å². The molecule has 4 rings (SSSR count). The van der Waals surface area contributed by atoms with E-state index in [4.69, 9.17) is 10.3 Å². The summed E-state index contributed by atoms with van der Waals surface area (Å²) >= 11 is 0. The Morgan fingerprint density at radius 1 is 1.41 bits per heavy atom. The van der Waals surface area contributed by atoms with Crippen molar-refractivity contribution in [1.82, 2.24) is 15.2 Å². The van der Waals surface area contributed by atoms with E-state index in [1.54, 1.807) is 12.5 Å². The molecule has 2 bridgehead atoms. The van der Waals surface area contributed by atoms with Gasteiger partial charge in [-0.2, -0.15) is 0 Å². The molecule has 0 spiro atoms. The first-order valence-electron chi connectivity index (χ1n) is 6.30. The third-order valence-electron chi connectivity index (χ3n) is 4.04. The van der Waals surface area contributed by atoms with Crippen LogP contribution in [0.1, 0.15) is 5.56 Å². The largest absolute Gasteiger partial charge is 0.472 e. The summed E-state index contributed by atoms with van der Waals surface area (Å²) in [5, 5.41) is 0. The molecule has 3 aliphatic rings. The maximum Gasteiger partial charge on any atom is 0.0935 e. The van der Waals surface area contributed by atoms with Crippen molar-refractivity contribution >= 4 is 0 Å². The van der Waals surface area contributed by atoms with Crippen molar-refractivity contribution in [2.24, 2.45) is 5.84 Å². The van der Waals surface area contributed by atoms with E-state index in [2.05, 4.69) is 15.2 Å². The molecule has 3 aliphatic heterocycles. The highest BCUT2D eigenvalue weighted by Gasteiger charge is 2.36. The number of nitrogens with zero attached hydrogens (tertiary/aromatic N) is 2. The topological polar surface area (TPSA) is 57.7 Å². The Morgan fingerprint density at radius 3 is 2.76 bits per heavy atom. The number of nitrogens with two attached hydrogens (primary N) is 1. The Kier molecular flexibility index (Phi) is 3.15. The first-order valence-corrected chi connectivity index (χ1v) is 6.30. The Morgan fingerprint density at radius 2 is 2.24 bits per heavy atom. The van der Waals surface area contributed by atoms with E-state index in [9.17, 15) is 0 Å². The van der Waals surface area contributed by atoms with Gasteiger partial charge >= 0.3 is 0 Å². The monoisotopic (exact) mass is 236 g/mol. The van der Waals surface area contributed by atoms with Crippen molar-refractivity contribution in [3.8, 4) is 0 Å². The average Bonchev–Trinajstić information content (AvgIpc) is 2.90. The van der Waals surface area contributed by atoms with Crippen molar-refractivity contribution in [2.75, 3.05) is 32.7 Å². The molecule has 0 aliphatic carbocycles. The van der Waals surface area contributed by atoms with E-state index in [-0.39, 0.29) is 0 Å². The summed E-state index contributed by atoms with van der Waals surface area (Å²) in [5.74, 6) is 5.73. The molecule has 5 nitrogen and oxygen atoms in total. The van der Waals surface area contributed by atoms with Crippen molar-refractivity contribution in [3.63, 3.8) is 0 Å². The van der Waals surface area contributed by atoms with Crippen LogP contribution >= 0.6 is 0 Å². The van der Waals surface area contributed by atoms with E-state index < -0.39 is 0 Å². The molecule has 4 heterocycles. The fourth-order valence-corrected chi connectivity index (χ4v) is 3.01. The number of piperazine rings is 3. The SMILES string of the molecule is NNC(Cc1ccoc1)C1CN2CCN1CC2. The van der Waals surface area contributed by atoms with Gasteiger partial charge in [0.2, 0.25) is 0 Å². The van der Waals surface area contributed by atoms with Crippen LogP contribution in [0, 0.1) is 0 Å². The van der Waals surface area contributed by atoms with Crippen LogP contribution in [0.3, 0.4) is 0 Å². The van der Waals surface area contributed by atoms with Crippen molar-refractivity contribution in [1.29, 1.82) is 0 Å². The zero-order valence-electron chi connectivity index (χ0n) is 10.0. The number of rotatable bonds is 4. The van der Waals surface area contributed by atoms with Crippen LogP contribution in [0.2, 0.25) is 0 Å². The minimum atomic E-state index is 0.302. The van der Waals surface area contributed by atoms with Crippen LogP contribution in [0.25, 0.3) is 0 Å². The van der Waals surface area contributed by atoms with Crippen LogP contribution in [-0.4, -0.2) is 54.6 Å². The molecule has 0 radical (unpaired) electrons. The van der Waals surface area contributed by atoms with Crippen LogP contribution in [-0.2, 0) is 6.42 Å². The van der Waals surface area contributed by atoms with Gasteiger partial charge in [0.15, 0.2) is 0 Å². The number of furan rings is 1. The Labute approximate surface area is 102 Å². The summed E-state index contributed by atoms with van der Waals surface area (Å²) in [6, 6.07) is 2.84. The summed E-state index contributed by atoms with van der Waals surface area (Å²) in [6.45, 7) is 5.90. The maximum atomic E-state index is 5.73. The molecule has 2 unspecified atom stereocenters. The second kappa shape index (κ2) is 4.78. The first-order chi connectivity index (χ1) is 8.36. The summed E-state index contributed by atoms with van der Waals surface area (Å²) in [4.78, 5) is 5.09. The van der Waals surface area contributed by atoms with Gasteiger partial charge in [0, 0.05) is 44.8 Å². The molecule has 1 aromatic rings. The lowest BCUT2D eigenvalue weighted by atomic mass is 9.96. The normalized spacial score (nSPS) is 33.8. The maximum absolute atomic E-state index is 5.73. The fraction of sp³-hybridized carbons (Fsp3) is 0.667. The van der Waals surface area contributed by atoms with Crippen LogP contribution in [0.5, 0.6) is 0 Å². The number of hydrogen-bond donors (Lipinski definition) is 2. The van der Waals surface area contributed by atoms with E-state index >= 15 is 0 Å². The highest BCUT2D eigenvalue weighted by atomic mass is 16.3. The molecule has 1 aromatic heterocycles. The zero-order valence-corrected chi connectivity index (χ0v) is 10.0. The molecule has 3 saturated heterocycles. The molecule has 94 valence electrons. The number of hydrogen-bond acceptors (Lipinski definition) is 5. The van der Waals surface area contributed by atoms with Gasteiger partial charge in [-0.15, -0.1) is 0 Å². The van der Waals surface area contributed by atoms with Gasteiger partial charge in [0.25, 0.3) is 0 Å². The number of nitrogens with one attached hydrogen (secondary N) is 1. The lowest BCUT2D eigenvalue weighted by molar-refractivity contribution is -0.00316. The van der Waals surface area contributed by atoms with E-state index in [0.29, 0.717) is 12.1 Å². The van der Waals surface area contributed by atoms with Gasteiger partial charge in [-0.3, -0.25) is 21.1 Å². The molecule has 0 amide bonds. The van der Waals surface area contributed by atoms with Crippen molar-refractivity contribution in [2.45, 2.75) is 18.5 Å². The Hall–Kier alpha value is -0.880. The quantitative estimate of drug-likeness (QED) is 0.553. The number of fused-ring (bicyclic) bond motifs is 3. The highest BCUT2D eigenvalue weighted by Crippen LogP contribution is 2.20. The second-order valence-corrected chi connectivity index (χ2v) is 5.01. The lowest BCUT2D eigenvalue weighted by Crippen LogP contribution is -2.67. The van der Waals surface area contributed by atoms with Crippen LogP contribution < -0.4 is 11.3 Å². The van der Waals surface area contributed by atoms with E-state index in [1.807, 2.05) is 6.07 Å². The Bertz CT molecular complexity index is 345. The third-order valence-corrected chi connectivity index (χ3v) is 4.04. The molecule has 5 heteroatoms. The molecule has 3 fully saturated rings. The summed E-state index contributed by atoms with van der Waals surface area (Å²) in [7, 11) is 0. The van der Waals surface area contributed by atoms with Gasteiger partial charge in [-0.25, -0.2) is 0 Å². The van der Waals surface area contributed by atoms with Crippen LogP contribution in [0.4, 0.5) is 0 Å². The third kappa shape index (κ3) is 2.24. The highest BCUT2D eigenvalue weighted by molar-refractivity contribution is 5.09. The molecular formula is C12H20N4O. The lowest BCUT2D eigenvalue weighted by Gasteiger charge is -2.50. The first kappa shape index (κ1) is 11.2.